The van der Waals surface area contributed by atoms with Gasteiger partial charge in [0, 0.05) is 5.41 Å². The lowest BCUT2D eigenvalue weighted by atomic mass is 9.89. The third-order valence-electron chi connectivity index (χ3n) is 4.36. The Morgan fingerprint density at radius 3 is 2.58 bits per heavy atom. The molecule has 1 aromatic rings. The summed E-state index contributed by atoms with van der Waals surface area (Å²) >= 11 is 0. The van der Waals surface area contributed by atoms with Crippen LogP contribution >= 0.6 is 0 Å². The predicted octanol–water partition coefficient (Wildman–Crippen LogP) is 1.80. The third-order valence-corrected chi connectivity index (χ3v) is 4.36. The Morgan fingerprint density at radius 2 is 1.92 bits per heavy atom. The SMILES string of the molecule is CC(C)(C)C(=O)CN1C(=O)N[C@](C)(c2ccc3c(c2)OCO3)C1=O. The Balaban J connectivity index is 1.88. The first-order valence-electron chi connectivity index (χ1n) is 7.70. The van der Waals surface area contributed by atoms with Crippen molar-refractivity contribution in [1.82, 2.24) is 10.2 Å². The highest BCUT2D eigenvalue weighted by Crippen LogP contribution is 2.37. The van der Waals surface area contributed by atoms with E-state index in [9.17, 15) is 14.4 Å². The van der Waals surface area contributed by atoms with E-state index in [2.05, 4.69) is 5.32 Å². The van der Waals surface area contributed by atoms with Gasteiger partial charge < -0.3 is 14.8 Å². The van der Waals surface area contributed by atoms with E-state index in [0.717, 1.165) is 4.90 Å². The number of benzene rings is 1. The van der Waals surface area contributed by atoms with E-state index in [1.807, 2.05) is 0 Å². The molecule has 3 amide bonds. The second kappa shape index (κ2) is 5.22. The van der Waals surface area contributed by atoms with Crippen molar-refractivity contribution in [3.63, 3.8) is 0 Å². The molecule has 7 heteroatoms. The van der Waals surface area contributed by atoms with Crippen molar-refractivity contribution in [2.75, 3.05) is 13.3 Å². The zero-order chi connectivity index (χ0) is 17.7. The Bertz CT molecular complexity index is 737. The number of amides is 3. The molecule has 0 unspecified atom stereocenters. The zero-order valence-corrected chi connectivity index (χ0v) is 14.1. The normalized spacial score (nSPS) is 22.8. The molecule has 3 rings (SSSR count). The summed E-state index contributed by atoms with van der Waals surface area (Å²) < 4.78 is 10.6. The van der Waals surface area contributed by atoms with Gasteiger partial charge in [-0.25, -0.2) is 4.79 Å². The third kappa shape index (κ3) is 2.50. The molecule has 1 saturated heterocycles. The first-order chi connectivity index (χ1) is 11.1. The van der Waals surface area contributed by atoms with Crippen LogP contribution in [-0.4, -0.2) is 36.0 Å². The number of Topliss-reactive ketones (excluding diaryl/α,β-unsaturated/α-hetero) is 1. The molecule has 0 radical (unpaired) electrons. The van der Waals surface area contributed by atoms with Crippen LogP contribution < -0.4 is 14.8 Å². The highest BCUT2D eigenvalue weighted by molar-refractivity contribution is 6.09. The van der Waals surface area contributed by atoms with E-state index in [4.69, 9.17) is 9.47 Å². The summed E-state index contributed by atoms with van der Waals surface area (Å²) in [5.74, 6) is 0.490. The van der Waals surface area contributed by atoms with E-state index in [-0.39, 0.29) is 19.1 Å². The first-order valence-corrected chi connectivity index (χ1v) is 7.70. The van der Waals surface area contributed by atoms with Crippen LogP contribution in [0.2, 0.25) is 0 Å². The number of nitrogens with zero attached hydrogens (tertiary/aromatic N) is 1. The number of hydrogen-bond acceptors (Lipinski definition) is 5. The molecule has 2 aliphatic rings. The van der Waals surface area contributed by atoms with Gasteiger partial charge in [-0.15, -0.1) is 0 Å². The average Bonchev–Trinajstić information content (AvgIpc) is 3.04. The van der Waals surface area contributed by atoms with Crippen LogP contribution in [0.4, 0.5) is 4.79 Å². The fraction of sp³-hybridized carbons (Fsp3) is 0.471. The van der Waals surface area contributed by atoms with Gasteiger partial charge in [-0.3, -0.25) is 14.5 Å². The summed E-state index contributed by atoms with van der Waals surface area (Å²) in [6.45, 7) is 6.77. The van der Waals surface area contributed by atoms with Gasteiger partial charge >= 0.3 is 6.03 Å². The Labute approximate surface area is 139 Å². The van der Waals surface area contributed by atoms with Crippen LogP contribution in [0, 0.1) is 5.41 Å². The maximum absolute atomic E-state index is 12.8. The molecule has 1 aromatic carbocycles. The average molecular weight is 332 g/mol. The van der Waals surface area contributed by atoms with Crippen molar-refractivity contribution in [1.29, 1.82) is 0 Å². The van der Waals surface area contributed by atoms with E-state index < -0.39 is 22.9 Å². The van der Waals surface area contributed by atoms with Gasteiger partial charge in [0.05, 0.1) is 6.54 Å². The lowest BCUT2D eigenvalue weighted by Crippen LogP contribution is -2.42. The van der Waals surface area contributed by atoms with Crippen molar-refractivity contribution in [2.24, 2.45) is 5.41 Å². The first kappa shape index (κ1) is 16.3. The van der Waals surface area contributed by atoms with Crippen molar-refractivity contribution in [3.8, 4) is 11.5 Å². The van der Waals surface area contributed by atoms with Crippen molar-refractivity contribution in [3.05, 3.63) is 23.8 Å². The van der Waals surface area contributed by atoms with Crippen LogP contribution in [0.1, 0.15) is 33.3 Å². The smallest absolute Gasteiger partial charge is 0.325 e. The minimum absolute atomic E-state index is 0.127. The van der Waals surface area contributed by atoms with E-state index in [1.165, 1.54) is 0 Å². The molecule has 0 aliphatic carbocycles. The minimum atomic E-state index is -1.24. The highest BCUT2D eigenvalue weighted by atomic mass is 16.7. The lowest BCUT2D eigenvalue weighted by molar-refractivity contribution is -0.136. The van der Waals surface area contributed by atoms with Gasteiger partial charge in [0.1, 0.15) is 5.54 Å². The molecule has 2 aliphatic heterocycles. The summed E-state index contributed by atoms with van der Waals surface area (Å²) in [7, 11) is 0. The van der Waals surface area contributed by atoms with Crippen LogP contribution in [0.25, 0.3) is 0 Å². The van der Waals surface area contributed by atoms with Crippen molar-refractivity contribution >= 4 is 17.7 Å². The maximum atomic E-state index is 12.8. The molecule has 0 saturated carbocycles. The Morgan fingerprint density at radius 1 is 1.25 bits per heavy atom. The number of imide groups is 1. The second-order valence-corrected chi connectivity index (χ2v) is 7.19. The summed E-state index contributed by atoms with van der Waals surface area (Å²) in [5, 5.41) is 2.68. The Kier molecular flexibility index (Phi) is 3.55. The zero-order valence-electron chi connectivity index (χ0n) is 14.1. The Hall–Kier alpha value is -2.57. The van der Waals surface area contributed by atoms with Gasteiger partial charge in [0.2, 0.25) is 6.79 Å². The second-order valence-electron chi connectivity index (χ2n) is 7.19. The fourth-order valence-electron chi connectivity index (χ4n) is 2.62. The predicted molar refractivity (Wildman–Crippen MR) is 84.6 cm³/mol. The van der Waals surface area contributed by atoms with E-state index in [0.29, 0.717) is 17.1 Å². The van der Waals surface area contributed by atoms with Crippen LogP contribution in [0.15, 0.2) is 18.2 Å². The monoisotopic (exact) mass is 332 g/mol. The quantitative estimate of drug-likeness (QED) is 0.853. The van der Waals surface area contributed by atoms with Crippen LogP contribution in [0.5, 0.6) is 11.5 Å². The molecular formula is C17H20N2O5. The summed E-state index contributed by atoms with van der Waals surface area (Å²) in [5.41, 5.74) is -1.29. The van der Waals surface area contributed by atoms with Crippen molar-refractivity contribution in [2.45, 2.75) is 33.2 Å². The van der Waals surface area contributed by atoms with Crippen LogP contribution in [0.3, 0.4) is 0 Å². The van der Waals surface area contributed by atoms with Crippen molar-refractivity contribution < 1.29 is 23.9 Å². The topological polar surface area (TPSA) is 84.9 Å². The van der Waals surface area contributed by atoms with Gasteiger partial charge in [-0.1, -0.05) is 26.8 Å². The largest absolute Gasteiger partial charge is 0.454 e. The number of ether oxygens (including phenoxy) is 2. The number of carbonyl (C=O) groups is 3. The molecule has 2 heterocycles. The number of fused-ring (bicyclic) bond motifs is 1. The number of rotatable bonds is 3. The summed E-state index contributed by atoms with van der Waals surface area (Å²) in [6.07, 6.45) is 0. The molecule has 0 bridgehead atoms. The van der Waals surface area contributed by atoms with Gasteiger partial charge in [-0.2, -0.15) is 0 Å². The minimum Gasteiger partial charge on any atom is -0.454 e. The number of urea groups is 1. The number of carbonyl (C=O) groups excluding carboxylic acids is 3. The van der Waals surface area contributed by atoms with E-state index >= 15 is 0 Å². The standard InChI is InChI=1S/C17H20N2O5/c1-16(2,3)13(20)8-19-14(21)17(4,18-15(19)22)10-5-6-11-12(7-10)24-9-23-11/h5-7H,8-9H2,1-4H3,(H,18,22)/t17-/m1/s1. The summed E-state index contributed by atoms with van der Waals surface area (Å²) in [4.78, 5) is 38.2. The summed E-state index contributed by atoms with van der Waals surface area (Å²) in [6, 6.07) is 4.51. The molecule has 7 nitrogen and oxygen atoms in total. The van der Waals surface area contributed by atoms with Gasteiger partial charge in [-0.05, 0) is 24.6 Å². The molecule has 0 aromatic heterocycles. The number of nitrogens with one attached hydrogen (secondary N) is 1. The molecule has 128 valence electrons. The van der Waals surface area contributed by atoms with Crippen LogP contribution in [-0.2, 0) is 15.1 Å². The van der Waals surface area contributed by atoms with Gasteiger partial charge in [0.25, 0.3) is 5.91 Å². The maximum Gasteiger partial charge on any atom is 0.325 e. The molecule has 1 atom stereocenters. The van der Waals surface area contributed by atoms with Gasteiger partial charge in [0.15, 0.2) is 17.3 Å². The molecule has 24 heavy (non-hydrogen) atoms. The molecule has 0 spiro atoms. The number of ketones is 1. The highest BCUT2D eigenvalue weighted by Gasteiger charge is 2.50. The molecular weight excluding hydrogens is 312 g/mol. The fourth-order valence-corrected chi connectivity index (χ4v) is 2.62. The molecule has 1 fully saturated rings. The lowest BCUT2D eigenvalue weighted by Gasteiger charge is -2.23. The number of hydrogen-bond donors (Lipinski definition) is 1. The van der Waals surface area contributed by atoms with E-state index in [1.54, 1.807) is 45.9 Å². The molecule has 1 N–H and O–H groups in total.